The first-order valence-electron chi connectivity index (χ1n) is 17.2. The largest absolute Gasteiger partial charge is 0.308 e. The van der Waals surface area contributed by atoms with E-state index in [1.807, 2.05) is 0 Å². The number of rotatable bonds is 3. The normalized spacial score (nSPS) is 14.9. The first-order chi connectivity index (χ1) is 23.9. The number of hydrogen-bond acceptors (Lipinski definition) is 2. The highest BCUT2D eigenvalue weighted by molar-refractivity contribution is 6.14. The second kappa shape index (κ2) is 9.87. The predicted molar refractivity (Wildman–Crippen MR) is 202 cm³/mol. The molecule has 2 aliphatic carbocycles. The van der Waals surface area contributed by atoms with Crippen LogP contribution in [0.15, 0.2) is 140 Å². The fourth-order valence-electron chi connectivity index (χ4n) is 8.99. The molecule has 10 rings (SSSR count). The lowest BCUT2D eigenvalue weighted by molar-refractivity contribution is 0.658. The first kappa shape index (κ1) is 28.2. The van der Waals surface area contributed by atoms with Gasteiger partial charge >= 0.3 is 0 Å². The van der Waals surface area contributed by atoms with E-state index in [4.69, 9.17) is 9.97 Å². The summed E-state index contributed by atoms with van der Waals surface area (Å²) >= 11 is 0. The molecule has 0 spiro atoms. The number of benzene rings is 6. The molecule has 0 N–H and O–H groups in total. The summed E-state index contributed by atoms with van der Waals surface area (Å²) in [5.74, 6) is 0.737. The standard InChI is InChI=1S/C46H35N3/c1-45(2)34-22-12-8-18-29(34)30-26-27-38-39(40(30)45)32-20-10-14-24-36(32)49(38)37-25-15-11-21-33(37)44-47-42(28-16-6-5-7-17-28)41-43(48-44)31-19-9-13-23-35(31)46(41,3)4/h5-27H,1-4H3. The van der Waals surface area contributed by atoms with Gasteiger partial charge in [0.1, 0.15) is 0 Å². The van der Waals surface area contributed by atoms with E-state index in [-0.39, 0.29) is 10.8 Å². The minimum absolute atomic E-state index is 0.131. The van der Waals surface area contributed by atoms with Crippen LogP contribution in [0, 0.1) is 0 Å². The Morgan fingerprint density at radius 1 is 0.449 bits per heavy atom. The Morgan fingerprint density at radius 2 is 1.04 bits per heavy atom. The first-order valence-corrected chi connectivity index (χ1v) is 17.2. The van der Waals surface area contributed by atoms with Gasteiger partial charge in [-0.3, -0.25) is 0 Å². The molecule has 2 heterocycles. The van der Waals surface area contributed by atoms with Crippen molar-refractivity contribution in [2.24, 2.45) is 0 Å². The van der Waals surface area contributed by atoms with Gasteiger partial charge in [-0.15, -0.1) is 0 Å². The van der Waals surface area contributed by atoms with Gasteiger partial charge in [0.05, 0.1) is 28.1 Å². The summed E-state index contributed by atoms with van der Waals surface area (Å²) in [5, 5.41) is 2.58. The van der Waals surface area contributed by atoms with Gasteiger partial charge < -0.3 is 4.57 Å². The topological polar surface area (TPSA) is 30.7 Å². The fraction of sp³-hybridized carbons (Fsp3) is 0.130. The molecule has 0 radical (unpaired) electrons. The van der Waals surface area contributed by atoms with Crippen LogP contribution in [0.2, 0.25) is 0 Å². The number of hydrogen-bond donors (Lipinski definition) is 0. The van der Waals surface area contributed by atoms with Crippen LogP contribution in [0.5, 0.6) is 0 Å². The van der Waals surface area contributed by atoms with Gasteiger partial charge in [-0.05, 0) is 52.1 Å². The second-order valence-electron chi connectivity index (χ2n) is 14.6. The van der Waals surface area contributed by atoms with Crippen molar-refractivity contribution in [2.75, 3.05) is 0 Å². The van der Waals surface area contributed by atoms with Crippen LogP contribution in [0.3, 0.4) is 0 Å². The van der Waals surface area contributed by atoms with Crippen LogP contribution >= 0.6 is 0 Å². The number of fused-ring (bicyclic) bond motifs is 10. The van der Waals surface area contributed by atoms with Crippen molar-refractivity contribution in [3.05, 3.63) is 162 Å². The van der Waals surface area contributed by atoms with Crippen LogP contribution in [-0.2, 0) is 10.8 Å². The summed E-state index contributed by atoms with van der Waals surface area (Å²) in [7, 11) is 0. The summed E-state index contributed by atoms with van der Waals surface area (Å²) in [5.41, 5.74) is 16.4. The van der Waals surface area contributed by atoms with Crippen molar-refractivity contribution in [2.45, 2.75) is 38.5 Å². The maximum Gasteiger partial charge on any atom is 0.162 e. The van der Waals surface area contributed by atoms with Crippen LogP contribution in [0.1, 0.15) is 49.9 Å². The van der Waals surface area contributed by atoms with Gasteiger partial charge in [0, 0.05) is 43.9 Å². The zero-order valence-corrected chi connectivity index (χ0v) is 28.1. The second-order valence-corrected chi connectivity index (χ2v) is 14.6. The Bertz CT molecular complexity index is 2660. The fourth-order valence-corrected chi connectivity index (χ4v) is 8.99. The quantitative estimate of drug-likeness (QED) is 0.195. The predicted octanol–water partition coefficient (Wildman–Crippen LogP) is 11.5. The Balaban J connectivity index is 1.28. The molecule has 8 aromatic rings. The lowest BCUT2D eigenvalue weighted by Gasteiger charge is -2.24. The van der Waals surface area contributed by atoms with E-state index in [2.05, 4.69) is 172 Å². The molecule has 0 fully saturated rings. The van der Waals surface area contributed by atoms with E-state index in [0.717, 1.165) is 34.0 Å². The van der Waals surface area contributed by atoms with Gasteiger partial charge in [0.25, 0.3) is 0 Å². The minimum Gasteiger partial charge on any atom is -0.308 e. The maximum absolute atomic E-state index is 5.48. The molecule has 0 amide bonds. The maximum atomic E-state index is 5.48. The molecule has 0 saturated carbocycles. The zero-order valence-electron chi connectivity index (χ0n) is 28.1. The van der Waals surface area contributed by atoms with E-state index >= 15 is 0 Å². The number of nitrogens with zero attached hydrogens (tertiary/aromatic N) is 3. The van der Waals surface area contributed by atoms with Gasteiger partial charge in [-0.25, -0.2) is 9.97 Å². The third kappa shape index (κ3) is 3.73. The lowest BCUT2D eigenvalue weighted by atomic mass is 9.80. The molecule has 3 heteroatoms. The van der Waals surface area contributed by atoms with Crippen molar-refractivity contribution < 1.29 is 0 Å². The Hall–Kier alpha value is -5.80. The van der Waals surface area contributed by atoms with E-state index in [1.54, 1.807) is 0 Å². The summed E-state index contributed by atoms with van der Waals surface area (Å²) in [4.78, 5) is 10.9. The third-order valence-corrected chi connectivity index (χ3v) is 11.2. The third-order valence-electron chi connectivity index (χ3n) is 11.2. The molecule has 0 atom stereocenters. The highest BCUT2D eigenvalue weighted by Gasteiger charge is 2.41. The molecule has 6 aromatic carbocycles. The SMILES string of the molecule is CC1(C)c2ccccc2-c2nc(-c3ccccc3-n3c4ccccc4c4c5c(ccc43)-c3ccccc3C5(C)C)nc(-c3ccccc3)c21. The smallest absolute Gasteiger partial charge is 0.162 e. The van der Waals surface area contributed by atoms with Crippen molar-refractivity contribution in [1.29, 1.82) is 0 Å². The molecular weight excluding hydrogens is 595 g/mol. The van der Waals surface area contributed by atoms with Gasteiger partial charge in [0.15, 0.2) is 5.82 Å². The van der Waals surface area contributed by atoms with Crippen molar-refractivity contribution in [1.82, 2.24) is 14.5 Å². The van der Waals surface area contributed by atoms with Crippen molar-refractivity contribution in [3.8, 4) is 50.7 Å². The molecule has 3 nitrogen and oxygen atoms in total. The van der Waals surface area contributed by atoms with E-state index in [1.165, 1.54) is 60.8 Å². The van der Waals surface area contributed by atoms with Crippen LogP contribution in [0.25, 0.3) is 72.5 Å². The molecule has 49 heavy (non-hydrogen) atoms. The summed E-state index contributed by atoms with van der Waals surface area (Å²) < 4.78 is 2.44. The van der Waals surface area contributed by atoms with Crippen LogP contribution in [-0.4, -0.2) is 14.5 Å². The lowest BCUT2D eigenvalue weighted by Crippen LogP contribution is -2.17. The molecule has 0 unspecified atom stereocenters. The Kier molecular flexibility index (Phi) is 5.69. The van der Waals surface area contributed by atoms with E-state index in [9.17, 15) is 0 Å². The average molecular weight is 630 g/mol. The van der Waals surface area contributed by atoms with Crippen molar-refractivity contribution in [3.63, 3.8) is 0 Å². The molecule has 234 valence electrons. The highest BCUT2D eigenvalue weighted by Crippen LogP contribution is 2.54. The molecule has 0 saturated heterocycles. The molecule has 0 bridgehead atoms. The van der Waals surface area contributed by atoms with Crippen LogP contribution < -0.4 is 0 Å². The minimum atomic E-state index is -0.229. The van der Waals surface area contributed by atoms with E-state index in [0.29, 0.717) is 0 Å². The average Bonchev–Trinajstić information content (AvgIpc) is 3.68. The molecule has 0 aliphatic heterocycles. The van der Waals surface area contributed by atoms with E-state index < -0.39 is 0 Å². The summed E-state index contributed by atoms with van der Waals surface area (Å²) in [6.07, 6.45) is 0. The Labute approximate surface area is 286 Å². The van der Waals surface area contributed by atoms with Gasteiger partial charge in [-0.1, -0.05) is 143 Å². The van der Waals surface area contributed by atoms with Gasteiger partial charge in [0.2, 0.25) is 0 Å². The zero-order chi connectivity index (χ0) is 33.1. The highest BCUT2D eigenvalue weighted by atomic mass is 15.0. The number of para-hydroxylation sites is 2. The van der Waals surface area contributed by atoms with Crippen molar-refractivity contribution >= 4 is 21.8 Å². The van der Waals surface area contributed by atoms with Gasteiger partial charge in [-0.2, -0.15) is 0 Å². The molecule has 2 aliphatic rings. The summed E-state index contributed by atoms with van der Waals surface area (Å²) in [6, 6.07) is 50.4. The Morgan fingerprint density at radius 3 is 1.84 bits per heavy atom. The molecular formula is C46H35N3. The monoisotopic (exact) mass is 629 g/mol. The molecule has 2 aromatic heterocycles. The summed E-state index contributed by atoms with van der Waals surface area (Å²) in [6.45, 7) is 9.36. The number of aromatic nitrogens is 3. The van der Waals surface area contributed by atoms with Crippen LogP contribution in [0.4, 0.5) is 0 Å².